The Balaban J connectivity index is 1.52. The zero-order chi connectivity index (χ0) is 13.9. The highest BCUT2D eigenvalue weighted by atomic mass is 16.5. The number of aliphatic hydroxyl groups is 1. The fourth-order valence-corrected chi connectivity index (χ4v) is 2.89. The van der Waals surface area contributed by atoms with Crippen molar-refractivity contribution in [3.8, 4) is 5.75 Å². The maximum Gasteiger partial charge on any atom is 0.120 e. The van der Waals surface area contributed by atoms with Gasteiger partial charge in [0.1, 0.15) is 5.75 Å². The van der Waals surface area contributed by atoms with Crippen LogP contribution in [0.4, 0.5) is 5.69 Å². The Morgan fingerprint density at radius 3 is 2.65 bits per heavy atom. The van der Waals surface area contributed by atoms with E-state index in [0.29, 0.717) is 5.92 Å². The molecule has 1 aliphatic carbocycles. The van der Waals surface area contributed by atoms with E-state index >= 15 is 0 Å². The fraction of sp³-hybridized carbons (Fsp3) is 0.625. The summed E-state index contributed by atoms with van der Waals surface area (Å²) in [7, 11) is 1.70. The second kappa shape index (κ2) is 6.02. The van der Waals surface area contributed by atoms with Gasteiger partial charge in [0, 0.05) is 44.5 Å². The van der Waals surface area contributed by atoms with Gasteiger partial charge in [0.2, 0.25) is 0 Å². The number of hydrogen-bond donors (Lipinski definition) is 1. The standard InChI is InChI=1S/C16H24N2O2/c1-20-15-4-2-3-14(11-15)18-9-7-17(8-10-18)12-16(19)13-5-6-13/h2-4,11,13,16,19H,5-10,12H2,1H3. The van der Waals surface area contributed by atoms with Crippen LogP contribution in [0.2, 0.25) is 0 Å². The first-order valence-electron chi connectivity index (χ1n) is 7.55. The van der Waals surface area contributed by atoms with Crippen molar-refractivity contribution in [3.63, 3.8) is 0 Å². The molecule has 3 rings (SSSR count). The Hall–Kier alpha value is -1.26. The minimum atomic E-state index is -0.113. The van der Waals surface area contributed by atoms with Gasteiger partial charge in [-0.2, -0.15) is 0 Å². The van der Waals surface area contributed by atoms with Crippen LogP contribution in [0.1, 0.15) is 12.8 Å². The molecular weight excluding hydrogens is 252 g/mol. The second-order valence-electron chi connectivity index (χ2n) is 5.89. The molecule has 0 bridgehead atoms. The van der Waals surface area contributed by atoms with E-state index in [1.807, 2.05) is 12.1 Å². The molecule has 1 N–H and O–H groups in total. The number of ether oxygens (including phenoxy) is 1. The summed E-state index contributed by atoms with van der Waals surface area (Å²) in [5.74, 6) is 1.49. The van der Waals surface area contributed by atoms with Gasteiger partial charge in [0.25, 0.3) is 0 Å². The molecule has 110 valence electrons. The first kappa shape index (κ1) is 13.7. The molecule has 1 saturated heterocycles. The van der Waals surface area contributed by atoms with Gasteiger partial charge in [-0.1, -0.05) is 6.07 Å². The third-order valence-corrected chi connectivity index (χ3v) is 4.40. The Kier molecular flexibility index (Phi) is 4.13. The van der Waals surface area contributed by atoms with Crippen LogP contribution >= 0.6 is 0 Å². The molecule has 4 nitrogen and oxygen atoms in total. The van der Waals surface area contributed by atoms with E-state index in [1.54, 1.807) is 7.11 Å². The van der Waals surface area contributed by atoms with Gasteiger partial charge < -0.3 is 14.7 Å². The predicted octanol–water partition coefficient (Wildman–Crippen LogP) is 1.59. The molecular formula is C16H24N2O2. The highest BCUT2D eigenvalue weighted by molar-refractivity contribution is 5.51. The average molecular weight is 276 g/mol. The summed E-state index contributed by atoms with van der Waals surface area (Å²) in [5.41, 5.74) is 1.23. The lowest BCUT2D eigenvalue weighted by Gasteiger charge is -2.37. The monoisotopic (exact) mass is 276 g/mol. The first-order chi connectivity index (χ1) is 9.76. The topological polar surface area (TPSA) is 35.9 Å². The SMILES string of the molecule is COc1cccc(N2CCN(CC(O)C3CC3)CC2)c1. The van der Waals surface area contributed by atoms with Crippen LogP contribution in [0.3, 0.4) is 0 Å². The third-order valence-electron chi connectivity index (χ3n) is 4.40. The fourth-order valence-electron chi connectivity index (χ4n) is 2.89. The third kappa shape index (κ3) is 3.25. The van der Waals surface area contributed by atoms with Gasteiger partial charge in [-0.25, -0.2) is 0 Å². The number of anilines is 1. The maximum absolute atomic E-state index is 10.0. The van der Waals surface area contributed by atoms with Crippen molar-refractivity contribution in [1.82, 2.24) is 4.90 Å². The molecule has 1 unspecified atom stereocenters. The van der Waals surface area contributed by atoms with Crippen LogP contribution in [-0.4, -0.2) is 55.9 Å². The van der Waals surface area contributed by atoms with Crippen LogP contribution in [0, 0.1) is 5.92 Å². The summed E-state index contributed by atoms with van der Waals surface area (Å²) in [6.07, 6.45) is 2.31. The molecule has 4 heteroatoms. The predicted molar refractivity (Wildman–Crippen MR) is 80.4 cm³/mol. The normalized spacial score (nSPS) is 21.8. The molecule has 0 radical (unpaired) electrons. The van der Waals surface area contributed by atoms with Crippen LogP contribution in [0.25, 0.3) is 0 Å². The van der Waals surface area contributed by atoms with E-state index in [2.05, 4.69) is 21.9 Å². The molecule has 0 spiro atoms. The molecule has 2 fully saturated rings. The molecule has 0 aromatic heterocycles. The molecule has 1 aliphatic heterocycles. The number of benzene rings is 1. The van der Waals surface area contributed by atoms with Gasteiger partial charge in [0.05, 0.1) is 13.2 Å². The van der Waals surface area contributed by atoms with E-state index in [1.165, 1.54) is 18.5 Å². The lowest BCUT2D eigenvalue weighted by atomic mass is 10.2. The number of nitrogens with zero attached hydrogens (tertiary/aromatic N) is 2. The average Bonchev–Trinajstić information content (AvgIpc) is 3.33. The van der Waals surface area contributed by atoms with E-state index in [-0.39, 0.29) is 6.10 Å². The summed E-state index contributed by atoms with van der Waals surface area (Å²) in [6, 6.07) is 8.25. The van der Waals surface area contributed by atoms with Gasteiger partial charge in [-0.15, -0.1) is 0 Å². The van der Waals surface area contributed by atoms with Crippen molar-refractivity contribution in [2.45, 2.75) is 18.9 Å². The van der Waals surface area contributed by atoms with Gasteiger partial charge >= 0.3 is 0 Å². The zero-order valence-corrected chi connectivity index (χ0v) is 12.2. The lowest BCUT2D eigenvalue weighted by Crippen LogP contribution is -2.48. The van der Waals surface area contributed by atoms with E-state index in [0.717, 1.165) is 38.5 Å². The molecule has 1 aromatic rings. The van der Waals surface area contributed by atoms with E-state index in [4.69, 9.17) is 4.74 Å². The van der Waals surface area contributed by atoms with E-state index < -0.39 is 0 Å². The quantitative estimate of drug-likeness (QED) is 0.886. The number of aliphatic hydroxyl groups excluding tert-OH is 1. The second-order valence-corrected chi connectivity index (χ2v) is 5.89. The van der Waals surface area contributed by atoms with Gasteiger partial charge in [-0.05, 0) is 30.9 Å². The minimum absolute atomic E-state index is 0.113. The zero-order valence-electron chi connectivity index (χ0n) is 12.2. The maximum atomic E-state index is 10.0. The van der Waals surface area contributed by atoms with Crippen LogP contribution < -0.4 is 9.64 Å². The number of piperazine rings is 1. The molecule has 1 aromatic carbocycles. The van der Waals surface area contributed by atoms with Crippen molar-refractivity contribution in [3.05, 3.63) is 24.3 Å². The number of rotatable bonds is 5. The Morgan fingerprint density at radius 1 is 1.25 bits per heavy atom. The van der Waals surface area contributed by atoms with Crippen molar-refractivity contribution in [1.29, 1.82) is 0 Å². The molecule has 1 heterocycles. The van der Waals surface area contributed by atoms with Crippen molar-refractivity contribution >= 4 is 5.69 Å². The molecule has 20 heavy (non-hydrogen) atoms. The summed E-state index contributed by atoms with van der Waals surface area (Å²) >= 11 is 0. The number of β-amino-alcohol motifs (C(OH)–C–C–N with tert-alkyl or cyclic N) is 1. The number of methoxy groups -OCH3 is 1. The van der Waals surface area contributed by atoms with Crippen molar-refractivity contribution < 1.29 is 9.84 Å². The lowest BCUT2D eigenvalue weighted by molar-refractivity contribution is 0.0922. The molecule has 1 atom stereocenters. The minimum Gasteiger partial charge on any atom is -0.497 e. The summed E-state index contributed by atoms with van der Waals surface area (Å²) < 4.78 is 5.28. The highest BCUT2D eigenvalue weighted by Gasteiger charge is 2.31. The molecule has 0 amide bonds. The van der Waals surface area contributed by atoms with Crippen LogP contribution in [-0.2, 0) is 0 Å². The van der Waals surface area contributed by atoms with E-state index in [9.17, 15) is 5.11 Å². The summed E-state index contributed by atoms with van der Waals surface area (Å²) in [6.45, 7) is 4.94. The summed E-state index contributed by atoms with van der Waals surface area (Å²) in [5, 5.41) is 10.0. The van der Waals surface area contributed by atoms with Crippen molar-refractivity contribution in [2.75, 3.05) is 44.7 Å². The van der Waals surface area contributed by atoms with Crippen molar-refractivity contribution in [2.24, 2.45) is 5.92 Å². The largest absolute Gasteiger partial charge is 0.497 e. The smallest absolute Gasteiger partial charge is 0.120 e. The summed E-state index contributed by atoms with van der Waals surface area (Å²) in [4.78, 5) is 4.78. The van der Waals surface area contributed by atoms with Gasteiger partial charge in [0.15, 0.2) is 0 Å². The van der Waals surface area contributed by atoms with Crippen LogP contribution in [0.15, 0.2) is 24.3 Å². The molecule has 1 saturated carbocycles. The molecule has 2 aliphatic rings. The first-order valence-corrected chi connectivity index (χ1v) is 7.55. The van der Waals surface area contributed by atoms with Crippen LogP contribution in [0.5, 0.6) is 5.75 Å². The Labute approximate surface area is 120 Å². The highest BCUT2D eigenvalue weighted by Crippen LogP contribution is 2.33. The Bertz CT molecular complexity index is 440. The number of hydrogen-bond acceptors (Lipinski definition) is 4. The van der Waals surface area contributed by atoms with Gasteiger partial charge in [-0.3, -0.25) is 4.90 Å². The Morgan fingerprint density at radius 2 is 2.00 bits per heavy atom.